The van der Waals surface area contributed by atoms with Gasteiger partial charge >= 0.3 is 5.97 Å². The third kappa shape index (κ3) is 38.1. The maximum absolute atomic E-state index is 12.4. The highest BCUT2D eigenvalue weighted by atomic mass is 16.5. The van der Waals surface area contributed by atoms with Crippen LogP contribution in [0.1, 0.15) is 232 Å². The fourth-order valence-corrected chi connectivity index (χ4v) is 6.68. The predicted octanol–water partition coefficient (Wildman–Crippen LogP) is 12.8. The number of allylic oxidation sites excluding steroid dienone is 4. The van der Waals surface area contributed by atoms with Crippen LogP contribution in [0.2, 0.25) is 0 Å². The molecule has 2 atom stereocenters. The van der Waals surface area contributed by atoms with Crippen molar-refractivity contribution in [2.45, 2.75) is 244 Å². The van der Waals surface area contributed by atoms with Gasteiger partial charge in [-0.25, -0.2) is 0 Å². The van der Waals surface area contributed by atoms with E-state index in [1.165, 1.54) is 122 Å². The molecule has 52 heavy (non-hydrogen) atoms. The molecule has 6 nitrogen and oxygen atoms in total. The molecule has 0 aliphatic heterocycles. The lowest BCUT2D eigenvalue weighted by molar-refractivity contribution is -0.143. The molecule has 0 saturated carbocycles. The monoisotopic (exact) mass is 734 g/mol. The lowest BCUT2D eigenvalue weighted by Crippen LogP contribution is -2.45. The number of carbonyl (C=O) groups is 2. The molecular weight excluding hydrogens is 647 g/mol. The van der Waals surface area contributed by atoms with E-state index in [9.17, 15) is 19.8 Å². The van der Waals surface area contributed by atoms with Crippen LogP contribution < -0.4 is 5.32 Å². The first-order valence-corrected chi connectivity index (χ1v) is 22.6. The van der Waals surface area contributed by atoms with Gasteiger partial charge in [-0.05, 0) is 77.0 Å². The second kappa shape index (κ2) is 42.1. The number of ether oxygens (including phenoxy) is 1. The summed E-state index contributed by atoms with van der Waals surface area (Å²) < 4.78 is 5.41. The molecule has 0 aromatic rings. The molecule has 0 spiro atoms. The molecule has 2 unspecified atom stereocenters. The van der Waals surface area contributed by atoms with E-state index >= 15 is 0 Å². The number of aliphatic hydroxyl groups excluding tert-OH is 2. The summed E-state index contributed by atoms with van der Waals surface area (Å²) in [6.45, 7) is 4.82. The number of carbonyl (C=O) groups excluding carboxylic acids is 2. The SMILES string of the molecule is CCCCCC/C=C\CCCCCCCC(=O)OCCCC/C=C\CCCCCCC(=O)NC(CO)C(O)CCCCCCCCCCCCCC. The fraction of sp³-hybridized carbons (Fsp3) is 0.870. The van der Waals surface area contributed by atoms with Gasteiger partial charge < -0.3 is 20.3 Å². The Labute approximate surface area is 322 Å². The van der Waals surface area contributed by atoms with Crippen molar-refractivity contribution in [3.8, 4) is 0 Å². The summed E-state index contributed by atoms with van der Waals surface area (Å²) in [5, 5.41) is 23.1. The highest BCUT2D eigenvalue weighted by Crippen LogP contribution is 2.15. The van der Waals surface area contributed by atoms with Crippen LogP contribution in [-0.2, 0) is 14.3 Å². The zero-order valence-electron chi connectivity index (χ0n) is 34.5. The standard InChI is InChI=1S/C46H87NO5/c1-3-5-7-9-11-13-15-17-19-24-28-32-36-40-46(51)52-41-37-33-29-25-21-20-23-27-31-35-39-45(50)47-43(42-48)44(49)38-34-30-26-22-18-16-14-12-10-8-6-4-2/h13,15,21,25,43-44,48-49H,3-12,14,16-20,22-24,26-42H2,1-2H3,(H,47,50)/b15-13-,25-21-. The Morgan fingerprint density at radius 2 is 0.904 bits per heavy atom. The molecule has 0 bridgehead atoms. The Morgan fingerprint density at radius 3 is 1.38 bits per heavy atom. The van der Waals surface area contributed by atoms with Crippen LogP contribution in [0.25, 0.3) is 0 Å². The molecule has 1 amide bonds. The van der Waals surface area contributed by atoms with Gasteiger partial charge in [-0.3, -0.25) is 9.59 Å². The summed E-state index contributed by atoms with van der Waals surface area (Å²) in [6.07, 6.45) is 47.0. The molecule has 0 rings (SSSR count). The number of unbranched alkanes of at least 4 members (excludes halogenated alkanes) is 26. The Kier molecular flexibility index (Phi) is 40.7. The Morgan fingerprint density at radius 1 is 0.519 bits per heavy atom. The van der Waals surface area contributed by atoms with Gasteiger partial charge in [0.2, 0.25) is 5.91 Å². The van der Waals surface area contributed by atoms with Gasteiger partial charge in [0.15, 0.2) is 0 Å². The topological polar surface area (TPSA) is 95.9 Å². The third-order valence-electron chi connectivity index (χ3n) is 10.2. The van der Waals surface area contributed by atoms with E-state index in [1.807, 2.05) is 0 Å². The number of hydrogen-bond acceptors (Lipinski definition) is 5. The van der Waals surface area contributed by atoms with Gasteiger partial charge in [0.25, 0.3) is 0 Å². The second-order valence-corrected chi connectivity index (χ2v) is 15.4. The average Bonchev–Trinajstić information content (AvgIpc) is 3.14. The normalized spacial score (nSPS) is 12.9. The molecule has 0 aliphatic rings. The lowest BCUT2D eigenvalue weighted by atomic mass is 10.0. The highest BCUT2D eigenvalue weighted by Gasteiger charge is 2.20. The molecule has 3 N–H and O–H groups in total. The lowest BCUT2D eigenvalue weighted by Gasteiger charge is -2.22. The Hall–Kier alpha value is -1.66. The summed E-state index contributed by atoms with van der Waals surface area (Å²) in [4.78, 5) is 24.3. The molecule has 0 heterocycles. The maximum atomic E-state index is 12.4. The Balaban J connectivity index is 3.55. The molecule has 0 saturated heterocycles. The molecular formula is C46H87NO5. The molecule has 306 valence electrons. The van der Waals surface area contributed by atoms with Crippen molar-refractivity contribution in [1.29, 1.82) is 0 Å². The summed E-state index contributed by atoms with van der Waals surface area (Å²) in [5.74, 6) is -0.120. The van der Waals surface area contributed by atoms with Crippen LogP contribution in [0.4, 0.5) is 0 Å². The van der Waals surface area contributed by atoms with Crippen molar-refractivity contribution in [2.24, 2.45) is 0 Å². The highest BCUT2D eigenvalue weighted by molar-refractivity contribution is 5.76. The van der Waals surface area contributed by atoms with Gasteiger partial charge in [0, 0.05) is 12.8 Å². The second-order valence-electron chi connectivity index (χ2n) is 15.4. The summed E-state index contributed by atoms with van der Waals surface area (Å²) in [6, 6.07) is -0.565. The first kappa shape index (κ1) is 50.3. The van der Waals surface area contributed by atoms with Crippen molar-refractivity contribution >= 4 is 11.9 Å². The predicted molar refractivity (Wildman–Crippen MR) is 223 cm³/mol. The first-order chi connectivity index (χ1) is 25.5. The number of hydrogen-bond donors (Lipinski definition) is 3. The minimum atomic E-state index is -0.684. The van der Waals surface area contributed by atoms with Crippen LogP contribution in [-0.4, -0.2) is 47.4 Å². The van der Waals surface area contributed by atoms with Crippen molar-refractivity contribution in [3.63, 3.8) is 0 Å². The van der Waals surface area contributed by atoms with E-state index in [-0.39, 0.29) is 18.5 Å². The maximum Gasteiger partial charge on any atom is 0.305 e. The molecule has 0 radical (unpaired) electrons. The van der Waals surface area contributed by atoms with Crippen molar-refractivity contribution in [2.75, 3.05) is 13.2 Å². The van der Waals surface area contributed by atoms with Crippen LogP contribution in [0.5, 0.6) is 0 Å². The van der Waals surface area contributed by atoms with E-state index in [0.717, 1.165) is 77.0 Å². The van der Waals surface area contributed by atoms with Gasteiger partial charge in [0.05, 0.1) is 25.4 Å². The minimum absolute atomic E-state index is 0.0464. The summed E-state index contributed by atoms with van der Waals surface area (Å²) in [5.41, 5.74) is 0. The summed E-state index contributed by atoms with van der Waals surface area (Å²) >= 11 is 0. The minimum Gasteiger partial charge on any atom is -0.466 e. The fourth-order valence-electron chi connectivity index (χ4n) is 6.68. The van der Waals surface area contributed by atoms with E-state index < -0.39 is 12.1 Å². The van der Waals surface area contributed by atoms with E-state index in [4.69, 9.17) is 4.74 Å². The summed E-state index contributed by atoms with van der Waals surface area (Å²) in [7, 11) is 0. The van der Waals surface area contributed by atoms with E-state index in [0.29, 0.717) is 25.9 Å². The number of nitrogens with one attached hydrogen (secondary N) is 1. The molecule has 6 heteroatoms. The van der Waals surface area contributed by atoms with Gasteiger partial charge in [-0.2, -0.15) is 0 Å². The molecule has 0 fully saturated rings. The van der Waals surface area contributed by atoms with Crippen molar-refractivity contribution in [1.82, 2.24) is 5.32 Å². The van der Waals surface area contributed by atoms with Gasteiger partial charge in [-0.15, -0.1) is 0 Å². The number of aliphatic hydroxyl groups is 2. The molecule has 0 aliphatic carbocycles. The van der Waals surface area contributed by atoms with E-state index in [2.05, 4.69) is 43.5 Å². The zero-order valence-corrected chi connectivity index (χ0v) is 34.5. The zero-order chi connectivity index (χ0) is 38.0. The quantitative estimate of drug-likeness (QED) is 0.0330. The van der Waals surface area contributed by atoms with Crippen LogP contribution >= 0.6 is 0 Å². The van der Waals surface area contributed by atoms with E-state index in [1.54, 1.807) is 0 Å². The average molecular weight is 734 g/mol. The van der Waals surface area contributed by atoms with Crippen LogP contribution in [0, 0.1) is 0 Å². The van der Waals surface area contributed by atoms with Crippen LogP contribution in [0.3, 0.4) is 0 Å². The largest absolute Gasteiger partial charge is 0.466 e. The number of esters is 1. The first-order valence-electron chi connectivity index (χ1n) is 22.6. The number of amides is 1. The molecule has 0 aromatic carbocycles. The van der Waals surface area contributed by atoms with Gasteiger partial charge in [-0.1, -0.05) is 167 Å². The third-order valence-corrected chi connectivity index (χ3v) is 10.2. The smallest absolute Gasteiger partial charge is 0.305 e. The van der Waals surface area contributed by atoms with Crippen molar-refractivity contribution < 1.29 is 24.5 Å². The molecule has 0 aromatic heterocycles. The van der Waals surface area contributed by atoms with Crippen molar-refractivity contribution in [3.05, 3.63) is 24.3 Å². The Bertz CT molecular complexity index is 813. The number of rotatable bonds is 41. The van der Waals surface area contributed by atoms with Crippen LogP contribution in [0.15, 0.2) is 24.3 Å². The van der Waals surface area contributed by atoms with Gasteiger partial charge in [0.1, 0.15) is 0 Å².